The SMILES string of the molecule is CCNc1cccc2c(N=Nc3snc4nc(C)c(C#N)cc34)ccc(O)c12.CCNc1cccc2c(O)c(C(=O)N(C)C)cc(N=Nc3snc4nc(C)c(C#N)cc34)c12.CCNc1cccc2c(O)c(S(=O)(=O)N(C)C)cc(N=Nc3snc4nc(C)c(C#N)cc34)c12.Cc1nc2nsc(N=Nc3ccc(O)c(Cl)c3)c2cc1C#N. The molecule has 0 radical (unpaired) electrons. The molecule has 0 unspecified atom stereocenters. The first kappa shape index (κ1) is 82.6. The number of hydrogen-bond acceptors (Lipinski definition) is 34. The lowest BCUT2D eigenvalue weighted by Crippen LogP contribution is -2.22. The molecule has 0 aliphatic carbocycles. The molecule has 0 spiro atoms. The molecule has 7 aromatic carbocycles. The van der Waals surface area contributed by atoms with Gasteiger partial charge in [-0.1, -0.05) is 48.0 Å². The van der Waals surface area contributed by atoms with Crippen LogP contribution in [0.3, 0.4) is 0 Å². The van der Waals surface area contributed by atoms with Gasteiger partial charge in [0, 0.05) is 97.2 Å². The van der Waals surface area contributed by atoms with Crippen LogP contribution in [0.2, 0.25) is 5.02 Å². The average Bonchev–Trinajstić information content (AvgIpc) is 1.73. The molecular weight excluding hydrogens is 1610 g/mol. The van der Waals surface area contributed by atoms with E-state index in [0.717, 1.165) is 62.2 Å². The number of carbonyl (C=O) groups excluding carboxylic acids is 1. The summed E-state index contributed by atoms with van der Waals surface area (Å²) in [6.07, 6.45) is 0. The molecule has 117 heavy (non-hydrogen) atoms. The Morgan fingerprint density at radius 1 is 0.444 bits per heavy atom. The van der Waals surface area contributed by atoms with Crippen LogP contribution in [0, 0.1) is 73.0 Å². The number of anilines is 3. The molecule has 8 aromatic heterocycles. The molecular formula is C79H66ClN25O7S5. The summed E-state index contributed by atoms with van der Waals surface area (Å²) in [5.41, 5.74) is 10.6. The Morgan fingerprint density at radius 2 is 0.812 bits per heavy atom. The van der Waals surface area contributed by atoms with Gasteiger partial charge < -0.3 is 41.3 Å². The van der Waals surface area contributed by atoms with Gasteiger partial charge in [-0.3, -0.25) is 4.79 Å². The van der Waals surface area contributed by atoms with Gasteiger partial charge in [-0.15, -0.1) is 40.9 Å². The summed E-state index contributed by atoms with van der Waals surface area (Å²) >= 11 is 10.4. The number of aromatic nitrogens is 8. The quantitative estimate of drug-likeness (QED) is 0.0416. The maximum Gasteiger partial charge on any atom is 0.257 e. The lowest BCUT2D eigenvalue weighted by molar-refractivity contribution is 0.0825. The topological polar surface area (TPSA) is 472 Å². The van der Waals surface area contributed by atoms with Crippen molar-refractivity contribution in [1.29, 1.82) is 21.0 Å². The number of fused-ring (bicyclic) bond motifs is 7. The van der Waals surface area contributed by atoms with Gasteiger partial charge >= 0.3 is 0 Å². The van der Waals surface area contributed by atoms with Crippen LogP contribution in [-0.2, 0) is 10.0 Å². The third-order valence-corrected chi connectivity index (χ3v) is 22.8. The van der Waals surface area contributed by atoms with Gasteiger partial charge in [-0.2, -0.15) is 38.5 Å². The van der Waals surface area contributed by atoms with Crippen LogP contribution in [-0.4, -0.2) is 129 Å². The highest BCUT2D eigenvalue weighted by molar-refractivity contribution is 7.89. The average molecular weight is 1670 g/mol. The van der Waals surface area contributed by atoms with Crippen LogP contribution in [0.15, 0.2) is 167 Å². The van der Waals surface area contributed by atoms with E-state index in [1.54, 1.807) is 109 Å². The zero-order valence-corrected chi connectivity index (χ0v) is 68.8. The van der Waals surface area contributed by atoms with Crippen LogP contribution >= 0.6 is 57.7 Å². The van der Waals surface area contributed by atoms with Crippen LogP contribution < -0.4 is 16.0 Å². The van der Waals surface area contributed by atoms with Gasteiger partial charge in [0.15, 0.2) is 42.6 Å². The number of aromatic hydroxyl groups is 4. The van der Waals surface area contributed by atoms with E-state index in [2.05, 4.69) is 119 Å². The highest BCUT2D eigenvalue weighted by atomic mass is 35.5. The molecule has 15 rings (SSSR count). The van der Waals surface area contributed by atoms with Crippen molar-refractivity contribution in [3.8, 4) is 47.3 Å². The van der Waals surface area contributed by atoms with E-state index in [1.807, 2.05) is 51.1 Å². The monoisotopic (exact) mass is 1670 g/mol. The number of benzene rings is 7. The van der Waals surface area contributed by atoms with E-state index in [1.165, 1.54) is 54.8 Å². The highest BCUT2D eigenvalue weighted by Gasteiger charge is 2.27. The minimum absolute atomic E-state index is 0.0119. The Bertz CT molecular complexity index is 6910. The third kappa shape index (κ3) is 17.3. The minimum atomic E-state index is -3.96. The lowest BCUT2D eigenvalue weighted by Gasteiger charge is -2.17. The number of sulfonamides is 1. The van der Waals surface area contributed by atoms with E-state index >= 15 is 0 Å². The molecule has 7 N–H and O–H groups in total. The minimum Gasteiger partial charge on any atom is -0.507 e. The summed E-state index contributed by atoms with van der Waals surface area (Å²) in [7, 11) is 2.05. The second kappa shape index (κ2) is 35.7. The summed E-state index contributed by atoms with van der Waals surface area (Å²) in [6, 6.07) is 42.3. The van der Waals surface area contributed by atoms with Crippen molar-refractivity contribution in [1.82, 2.24) is 46.6 Å². The number of carbonyl (C=O) groups is 1. The van der Waals surface area contributed by atoms with E-state index in [-0.39, 0.29) is 50.1 Å². The molecule has 0 saturated heterocycles. The maximum atomic E-state index is 12.9. The predicted octanol–water partition coefficient (Wildman–Crippen LogP) is 20.3. The molecule has 0 atom stereocenters. The molecule has 0 aliphatic rings. The summed E-state index contributed by atoms with van der Waals surface area (Å²) in [5, 5.41) is 131. The zero-order valence-electron chi connectivity index (χ0n) is 63.9. The number of nitriles is 4. The molecule has 0 bridgehead atoms. The Balaban J connectivity index is 0.000000145. The van der Waals surface area contributed by atoms with Crippen molar-refractivity contribution in [2.75, 3.05) is 63.8 Å². The van der Waals surface area contributed by atoms with Gasteiger partial charge in [0.2, 0.25) is 10.0 Å². The normalized spacial score (nSPS) is 11.5. The second-order valence-corrected chi connectivity index (χ2v) is 31.2. The van der Waals surface area contributed by atoms with Crippen LogP contribution in [0.5, 0.6) is 23.0 Å². The maximum absolute atomic E-state index is 12.9. The number of nitrogens with one attached hydrogen (secondary N) is 3. The van der Waals surface area contributed by atoms with Gasteiger partial charge in [0.25, 0.3) is 5.91 Å². The first-order chi connectivity index (χ1) is 56.2. The fourth-order valence-corrected chi connectivity index (χ4v) is 15.6. The Labute approximate surface area is 688 Å². The Morgan fingerprint density at radius 3 is 1.20 bits per heavy atom. The summed E-state index contributed by atoms with van der Waals surface area (Å²) in [4.78, 5) is 31.1. The number of rotatable bonds is 17. The highest BCUT2D eigenvalue weighted by Crippen LogP contribution is 2.47. The summed E-state index contributed by atoms with van der Waals surface area (Å²) in [6.45, 7) is 14.9. The molecule has 0 fully saturated rings. The smallest absolute Gasteiger partial charge is 0.257 e. The number of halogens is 1. The molecule has 15 aromatic rings. The molecule has 32 nitrogen and oxygen atoms in total. The van der Waals surface area contributed by atoms with Crippen molar-refractivity contribution in [3.63, 3.8) is 0 Å². The van der Waals surface area contributed by atoms with Crippen molar-refractivity contribution in [3.05, 3.63) is 177 Å². The second-order valence-electron chi connectivity index (χ2n) is 25.7. The van der Waals surface area contributed by atoms with Gasteiger partial charge in [0.05, 0.1) is 99.9 Å². The van der Waals surface area contributed by atoms with Crippen LogP contribution in [0.25, 0.3) is 76.5 Å². The van der Waals surface area contributed by atoms with E-state index in [0.29, 0.717) is 172 Å². The van der Waals surface area contributed by atoms with E-state index in [9.17, 15) is 49.4 Å². The number of aryl methyl sites for hydroxylation is 4. The number of amides is 1. The van der Waals surface area contributed by atoms with Crippen molar-refractivity contribution < 1.29 is 33.6 Å². The fourth-order valence-electron chi connectivity index (χ4n) is 11.8. The van der Waals surface area contributed by atoms with E-state index in [4.69, 9.17) is 16.9 Å². The molecule has 8 heterocycles. The molecule has 0 aliphatic heterocycles. The van der Waals surface area contributed by atoms with Crippen molar-refractivity contribution >= 4 is 210 Å². The Hall–Kier alpha value is -13.9. The predicted molar refractivity (Wildman–Crippen MR) is 456 cm³/mol. The molecule has 1 amide bonds. The third-order valence-electron chi connectivity index (χ3n) is 17.7. The fraction of sp³-hybridized carbons (Fsp3) is 0.177. The summed E-state index contributed by atoms with van der Waals surface area (Å²) in [5.74, 6) is -0.636. The Kier molecular flexibility index (Phi) is 25.2. The van der Waals surface area contributed by atoms with Crippen LogP contribution in [0.1, 0.15) is 76.2 Å². The molecule has 586 valence electrons. The van der Waals surface area contributed by atoms with Gasteiger partial charge in [-0.25, -0.2) is 32.7 Å². The van der Waals surface area contributed by atoms with Crippen molar-refractivity contribution in [2.45, 2.75) is 53.4 Å². The van der Waals surface area contributed by atoms with Gasteiger partial charge in [0.1, 0.15) is 52.2 Å². The standard InChI is InChI=1S/C23H21N7O2S.C22H21N7O3S2.C20H16N6OS.C14H8ClN5OS/c1-5-25-17-8-6-7-14-19(17)18(10-15(20(14)31)23(32)30(3)4)27-28-22-16-9-13(11-24)12(2)26-21(16)29-33-22;1-5-24-16-8-6-7-14-19(16)17(10-18(20(14)30)34(31,32)29(3)4)26-27-22-15-9-13(11-23)12(2)25-21(15)28-33-22;1-3-22-16-6-4-5-13-15(7-8-17(27)18(13)16)24-25-20-14-9-12(10-21)11(2)23-19(14)26-28-20;1-7-8(6-16)4-10-13(17-7)20-22-14(10)19-18-9-2-3-12(21)11(15)5-9/h6-10,25,31H,5H2,1-4H3;6-10,24,30H,5H2,1-4H3;4-9,22,27H,3H2,1-2H3;2-5,21H,1H3. The number of nitrogens with zero attached hydrogens (tertiary/aromatic N) is 22. The number of hydrogen-bond donors (Lipinski definition) is 7. The number of phenols is 4. The first-order valence-corrected chi connectivity index (χ1v) is 40.2. The largest absolute Gasteiger partial charge is 0.507 e. The van der Waals surface area contributed by atoms with Gasteiger partial charge in [-0.05, 0) is 180 Å². The number of azo groups is 4. The van der Waals surface area contributed by atoms with Crippen LogP contribution in [0.4, 0.5) is 59.8 Å². The number of phenolic OH excluding ortho intramolecular Hbond substituents is 4. The number of pyridine rings is 4. The van der Waals surface area contributed by atoms with Crippen molar-refractivity contribution in [2.24, 2.45) is 40.9 Å². The summed E-state index contributed by atoms with van der Waals surface area (Å²) < 4.78 is 43.9. The lowest BCUT2D eigenvalue weighted by atomic mass is 10.0. The molecule has 0 saturated carbocycles. The van der Waals surface area contributed by atoms with E-state index < -0.39 is 10.0 Å². The zero-order chi connectivity index (χ0) is 83.7. The molecule has 38 heteroatoms. The first-order valence-electron chi connectivity index (χ1n) is 35.3.